The van der Waals surface area contributed by atoms with Gasteiger partial charge in [-0.2, -0.15) is 5.16 Å². The van der Waals surface area contributed by atoms with Gasteiger partial charge in [-0.1, -0.05) is 24.3 Å². The van der Waals surface area contributed by atoms with Crippen LogP contribution in [0.4, 0.5) is 5.69 Å². The Bertz CT molecular complexity index is 1300. The lowest BCUT2D eigenvalue weighted by Crippen LogP contribution is -1.92. The van der Waals surface area contributed by atoms with Crippen LogP contribution in [0, 0.1) is 0 Å². The summed E-state index contributed by atoms with van der Waals surface area (Å²) in [6.07, 6.45) is 3.06. The van der Waals surface area contributed by atoms with Crippen LogP contribution in [0.2, 0.25) is 0 Å². The molecule has 1 amide bonds. The number of fused-ring (bicyclic) bond motifs is 4. The Balaban J connectivity index is 1.72. The van der Waals surface area contributed by atoms with Crippen LogP contribution < -0.4 is 0 Å². The Hall–Kier alpha value is -4.01. The summed E-state index contributed by atoms with van der Waals surface area (Å²) in [4.78, 5) is 25.1. The summed E-state index contributed by atoms with van der Waals surface area (Å²) in [7, 11) is 0. The molecule has 5 aromatic rings. The van der Waals surface area contributed by atoms with E-state index >= 15 is 0 Å². The first-order valence-electron chi connectivity index (χ1n) is 7.69. The normalized spacial score (nSPS) is 11.8. The summed E-state index contributed by atoms with van der Waals surface area (Å²) in [5.41, 5.74) is 2.78. The maximum absolute atomic E-state index is 12.2. The molecule has 2 aromatic carbocycles. The Morgan fingerprint density at radius 2 is 1.81 bits per heavy atom. The molecule has 3 heterocycles. The monoisotopic (exact) mass is 343 g/mol. The van der Waals surface area contributed by atoms with Crippen molar-refractivity contribution in [3.05, 3.63) is 54.4 Å². The summed E-state index contributed by atoms with van der Waals surface area (Å²) in [6, 6.07) is 10.7. The number of benzene rings is 1. The number of azo groups is 1. The van der Waals surface area contributed by atoms with E-state index in [1.54, 1.807) is 12.1 Å². The first kappa shape index (κ1) is 14.3. The van der Waals surface area contributed by atoms with Crippen molar-refractivity contribution >= 4 is 44.7 Å². The van der Waals surface area contributed by atoms with Crippen LogP contribution in [0.25, 0.3) is 33.1 Å². The van der Waals surface area contributed by atoms with E-state index in [1.165, 1.54) is 12.4 Å². The summed E-state index contributed by atoms with van der Waals surface area (Å²) in [5.74, 6) is -0.462. The van der Waals surface area contributed by atoms with Gasteiger partial charge in [0.2, 0.25) is 11.3 Å². The van der Waals surface area contributed by atoms with Gasteiger partial charge in [0.05, 0.1) is 0 Å². The number of carbonyl (C=O) groups excluding carboxylic acids is 1. The highest BCUT2D eigenvalue weighted by Gasteiger charge is 2.17. The van der Waals surface area contributed by atoms with Gasteiger partial charge in [0.25, 0.3) is 5.91 Å². The molecule has 0 aliphatic rings. The number of nitrogens with one attached hydrogen (secondary N) is 1. The number of pyridine rings is 1. The number of carbonyl (C=O) groups is 1. The third kappa shape index (κ3) is 2.14. The van der Waals surface area contributed by atoms with Crippen molar-refractivity contribution in [2.75, 3.05) is 0 Å². The van der Waals surface area contributed by atoms with E-state index in [0.717, 1.165) is 10.8 Å². The van der Waals surface area contributed by atoms with Crippen molar-refractivity contribution < 1.29 is 9.42 Å². The average Bonchev–Trinajstić information content (AvgIpc) is 3.27. The predicted octanol–water partition coefficient (Wildman–Crippen LogP) is 3.57. The molecule has 0 spiro atoms. The molecule has 9 heteroatoms. The van der Waals surface area contributed by atoms with Crippen LogP contribution >= 0.6 is 0 Å². The molecule has 124 valence electrons. The molecule has 26 heavy (non-hydrogen) atoms. The summed E-state index contributed by atoms with van der Waals surface area (Å²) in [6.45, 7) is 0. The first-order valence-corrected chi connectivity index (χ1v) is 7.69. The Morgan fingerprint density at radius 1 is 1.00 bits per heavy atom. The fourth-order valence-corrected chi connectivity index (χ4v) is 2.79. The van der Waals surface area contributed by atoms with Crippen molar-refractivity contribution in [3.63, 3.8) is 0 Å². The maximum atomic E-state index is 12.2. The van der Waals surface area contributed by atoms with Crippen LogP contribution in [0.5, 0.6) is 0 Å². The van der Waals surface area contributed by atoms with E-state index < -0.39 is 5.91 Å². The largest absolute Gasteiger partial charge is 0.295 e. The van der Waals surface area contributed by atoms with Gasteiger partial charge in [0.15, 0.2) is 0 Å². The third-order valence-corrected chi connectivity index (χ3v) is 3.98. The number of nitrogens with zero attached hydrogens (tertiary/aromatic N) is 6. The number of amides is 1. The number of H-pyrrole nitrogens is 1. The number of aromatic nitrogens is 5. The predicted molar refractivity (Wildman–Crippen MR) is 92.0 cm³/mol. The molecule has 0 radical (unpaired) electrons. The highest BCUT2D eigenvalue weighted by molar-refractivity contribution is 6.18. The molecule has 3 aromatic heterocycles. The molecule has 0 aliphatic heterocycles. The molecule has 0 saturated heterocycles. The highest BCUT2D eigenvalue weighted by atomic mass is 16.6. The molecular weight excluding hydrogens is 334 g/mol. The zero-order chi connectivity index (χ0) is 17.5. The van der Waals surface area contributed by atoms with E-state index in [-0.39, 0.29) is 0 Å². The molecular formula is C17H9N7O2. The van der Waals surface area contributed by atoms with Gasteiger partial charge in [-0.25, -0.2) is 9.97 Å². The molecule has 1 N–H and O–H groups in total. The molecule has 0 unspecified atom stereocenters. The van der Waals surface area contributed by atoms with Crippen LogP contribution in [-0.2, 0) is 0 Å². The van der Waals surface area contributed by atoms with E-state index in [1.807, 2.05) is 24.3 Å². The first-order chi connectivity index (χ1) is 12.8. The molecule has 0 aliphatic carbocycles. The van der Waals surface area contributed by atoms with E-state index in [0.29, 0.717) is 33.6 Å². The van der Waals surface area contributed by atoms with Gasteiger partial charge >= 0.3 is 0 Å². The van der Waals surface area contributed by atoms with Crippen molar-refractivity contribution in [3.8, 4) is 0 Å². The van der Waals surface area contributed by atoms with Crippen molar-refractivity contribution in [2.24, 2.45) is 10.2 Å². The van der Waals surface area contributed by atoms with E-state index in [2.05, 4.69) is 35.5 Å². The zero-order valence-electron chi connectivity index (χ0n) is 13.1. The molecule has 9 nitrogen and oxygen atoms in total. The minimum absolute atomic E-state index is 0.365. The van der Waals surface area contributed by atoms with Crippen LogP contribution in [0.3, 0.4) is 0 Å². The molecule has 5 rings (SSSR count). The quantitative estimate of drug-likeness (QED) is 0.489. The van der Waals surface area contributed by atoms with Crippen molar-refractivity contribution in [2.45, 2.75) is 0 Å². The second kappa shape index (κ2) is 5.52. The van der Waals surface area contributed by atoms with Gasteiger partial charge in [0, 0.05) is 28.7 Å². The highest BCUT2D eigenvalue weighted by Crippen LogP contribution is 2.38. The number of rotatable bonds is 2. The van der Waals surface area contributed by atoms with Gasteiger partial charge in [-0.3, -0.25) is 14.4 Å². The summed E-state index contributed by atoms with van der Waals surface area (Å²) < 4.78 is 4.80. The Labute approximate surface area is 144 Å². The maximum Gasteiger partial charge on any atom is 0.295 e. The van der Waals surface area contributed by atoms with Gasteiger partial charge in [-0.05, 0) is 17.3 Å². The van der Waals surface area contributed by atoms with Crippen molar-refractivity contribution in [1.29, 1.82) is 0 Å². The number of aromatic amines is 1. The topological polar surface area (TPSA) is 122 Å². The van der Waals surface area contributed by atoms with Gasteiger partial charge < -0.3 is 0 Å². The molecule has 0 saturated carbocycles. The van der Waals surface area contributed by atoms with E-state index in [9.17, 15) is 4.79 Å². The number of hydrogen-bond acceptors (Lipinski definition) is 7. The second-order valence-electron chi connectivity index (χ2n) is 5.51. The van der Waals surface area contributed by atoms with Crippen LogP contribution in [0.15, 0.2) is 63.6 Å². The SMILES string of the molecule is O=C(N=Nc1c2ccccc2c2nc3no[nH]c3nc12)c1ccncc1. The molecule has 0 bridgehead atoms. The smallest absolute Gasteiger partial charge is 0.267 e. The summed E-state index contributed by atoms with van der Waals surface area (Å²) >= 11 is 0. The minimum Gasteiger partial charge on any atom is -0.267 e. The molecule has 0 atom stereocenters. The lowest BCUT2D eigenvalue weighted by atomic mass is 10.2. The Kier molecular flexibility index (Phi) is 3.04. The second-order valence-corrected chi connectivity index (χ2v) is 5.51. The van der Waals surface area contributed by atoms with Crippen LogP contribution in [-0.4, -0.2) is 31.2 Å². The fourth-order valence-electron chi connectivity index (χ4n) is 2.79. The van der Waals surface area contributed by atoms with Crippen molar-refractivity contribution in [1.82, 2.24) is 25.3 Å². The standard InChI is InChI=1S/C17H9N7O2/c25-17(9-5-7-18-8-6-9)22-21-13-11-4-2-1-3-10(11)12-14(13)20-16-15(19-12)23-26-24-16/h1-8H,(H,20,24). The fraction of sp³-hybridized carbons (Fsp3) is 0. The third-order valence-electron chi connectivity index (χ3n) is 3.98. The average molecular weight is 343 g/mol. The Morgan fingerprint density at radius 3 is 2.65 bits per heavy atom. The van der Waals surface area contributed by atoms with Gasteiger partial charge in [-0.15, -0.1) is 10.2 Å². The summed E-state index contributed by atoms with van der Waals surface area (Å²) in [5, 5.41) is 16.0. The minimum atomic E-state index is -0.462. The lowest BCUT2D eigenvalue weighted by Gasteiger charge is -1.94. The van der Waals surface area contributed by atoms with E-state index in [4.69, 9.17) is 4.63 Å². The lowest BCUT2D eigenvalue weighted by molar-refractivity contribution is 0.0995. The molecule has 0 fully saturated rings. The zero-order valence-corrected chi connectivity index (χ0v) is 13.1. The van der Waals surface area contributed by atoms with Gasteiger partial charge in [0.1, 0.15) is 16.7 Å². The number of hydrogen-bond donors (Lipinski definition) is 1. The van der Waals surface area contributed by atoms with Crippen LogP contribution in [0.1, 0.15) is 10.4 Å².